The quantitative estimate of drug-likeness (QED) is 0.743. The number of likely N-dealkylation sites (tertiary alicyclic amines) is 1. The zero-order chi connectivity index (χ0) is 13.5. The van der Waals surface area contributed by atoms with E-state index >= 15 is 0 Å². The van der Waals surface area contributed by atoms with Crippen LogP contribution in [0.1, 0.15) is 40.0 Å². The van der Waals surface area contributed by atoms with Crippen LogP contribution < -0.4 is 5.32 Å². The standard InChI is InChI=1S/C13H24N2O3/c1-4-18-13(17)11-7-5-6-8-15(11)12(16)9-14-10(2)3/h10-11,14H,4-9H2,1-3H3. The minimum Gasteiger partial charge on any atom is -0.464 e. The van der Waals surface area contributed by atoms with Gasteiger partial charge in [-0.3, -0.25) is 4.79 Å². The molecule has 1 atom stereocenters. The van der Waals surface area contributed by atoms with Gasteiger partial charge in [-0.2, -0.15) is 0 Å². The average molecular weight is 256 g/mol. The van der Waals surface area contributed by atoms with Crippen molar-refractivity contribution in [3.63, 3.8) is 0 Å². The molecule has 1 rings (SSSR count). The van der Waals surface area contributed by atoms with Crippen molar-refractivity contribution >= 4 is 11.9 Å². The predicted octanol–water partition coefficient (Wildman–Crippen LogP) is 0.929. The first-order valence-electron chi connectivity index (χ1n) is 6.75. The summed E-state index contributed by atoms with van der Waals surface area (Å²) in [6.45, 7) is 7.07. The van der Waals surface area contributed by atoms with E-state index in [0.717, 1.165) is 12.8 Å². The van der Waals surface area contributed by atoms with Crippen molar-refractivity contribution < 1.29 is 14.3 Å². The fourth-order valence-corrected chi connectivity index (χ4v) is 2.11. The number of carbonyl (C=O) groups is 2. The molecule has 0 bridgehead atoms. The lowest BCUT2D eigenvalue weighted by Gasteiger charge is -2.34. The third-order valence-electron chi connectivity index (χ3n) is 3.04. The van der Waals surface area contributed by atoms with Gasteiger partial charge >= 0.3 is 5.97 Å². The van der Waals surface area contributed by atoms with E-state index in [2.05, 4.69) is 5.32 Å². The normalized spacial score (nSPS) is 20.0. The van der Waals surface area contributed by atoms with Gasteiger partial charge in [0.1, 0.15) is 6.04 Å². The highest BCUT2D eigenvalue weighted by Gasteiger charge is 2.32. The largest absolute Gasteiger partial charge is 0.464 e. The summed E-state index contributed by atoms with van der Waals surface area (Å²) in [6, 6.07) is -0.125. The van der Waals surface area contributed by atoms with Gasteiger partial charge < -0.3 is 15.0 Å². The Morgan fingerprint density at radius 1 is 1.39 bits per heavy atom. The fraction of sp³-hybridized carbons (Fsp3) is 0.846. The highest BCUT2D eigenvalue weighted by molar-refractivity contribution is 5.85. The van der Waals surface area contributed by atoms with Crippen LogP contribution in [0, 0.1) is 0 Å². The number of nitrogens with one attached hydrogen (secondary N) is 1. The molecule has 1 amide bonds. The van der Waals surface area contributed by atoms with Gasteiger partial charge in [0.25, 0.3) is 0 Å². The van der Waals surface area contributed by atoms with Gasteiger partial charge in [0.2, 0.25) is 5.91 Å². The van der Waals surface area contributed by atoms with Gasteiger partial charge in [0, 0.05) is 12.6 Å². The van der Waals surface area contributed by atoms with E-state index in [-0.39, 0.29) is 30.5 Å². The predicted molar refractivity (Wildman–Crippen MR) is 69.1 cm³/mol. The van der Waals surface area contributed by atoms with E-state index in [0.29, 0.717) is 19.6 Å². The molecular formula is C13H24N2O3. The molecule has 5 heteroatoms. The Morgan fingerprint density at radius 2 is 2.11 bits per heavy atom. The van der Waals surface area contributed by atoms with Crippen LogP contribution in [0.15, 0.2) is 0 Å². The number of rotatable bonds is 5. The molecule has 0 saturated carbocycles. The molecule has 1 aliphatic rings. The summed E-state index contributed by atoms with van der Waals surface area (Å²) in [5, 5.41) is 3.09. The molecule has 1 fully saturated rings. The molecule has 0 aromatic rings. The van der Waals surface area contributed by atoms with Crippen LogP contribution in [0.2, 0.25) is 0 Å². The summed E-state index contributed by atoms with van der Waals surface area (Å²) >= 11 is 0. The minimum absolute atomic E-state index is 0.0125. The Kier molecular flexibility index (Phi) is 6.12. The number of amides is 1. The van der Waals surface area contributed by atoms with Crippen molar-refractivity contribution in [2.24, 2.45) is 0 Å². The summed E-state index contributed by atoms with van der Waals surface area (Å²) in [5.74, 6) is -0.281. The van der Waals surface area contributed by atoms with E-state index in [9.17, 15) is 9.59 Å². The molecule has 1 N–H and O–H groups in total. The number of piperidine rings is 1. The number of hydrogen-bond acceptors (Lipinski definition) is 4. The van der Waals surface area contributed by atoms with Crippen molar-refractivity contribution in [1.29, 1.82) is 0 Å². The maximum Gasteiger partial charge on any atom is 0.328 e. The highest BCUT2D eigenvalue weighted by Crippen LogP contribution is 2.18. The van der Waals surface area contributed by atoms with Gasteiger partial charge in [-0.25, -0.2) is 4.79 Å². The second-order valence-corrected chi connectivity index (χ2v) is 4.89. The Labute approximate surface area is 109 Å². The van der Waals surface area contributed by atoms with E-state index < -0.39 is 0 Å². The van der Waals surface area contributed by atoms with Crippen molar-refractivity contribution in [2.45, 2.75) is 52.1 Å². The molecule has 18 heavy (non-hydrogen) atoms. The Hall–Kier alpha value is -1.10. The van der Waals surface area contributed by atoms with Crippen LogP contribution in [0.25, 0.3) is 0 Å². The number of esters is 1. The molecule has 0 aliphatic carbocycles. The molecule has 1 unspecified atom stereocenters. The van der Waals surface area contributed by atoms with Gasteiger partial charge in [0.15, 0.2) is 0 Å². The van der Waals surface area contributed by atoms with Gasteiger partial charge in [-0.15, -0.1) is 0 Å². The lowest BCUT2D eigenvalue weighted by Crippen LogP contribution is -2.51. The van der Waals surface area contributed by atoms with Crippen molar-refractivity contribution in [3.8, 4) is 0 Å². The summed E-state index contributed by atoms with van der Waals surface area (Å²) in [5.41, 5.74) is 0. The fourth-order valence-electron chi connectivity index (χ4n) is 2.11. The highest BCUT2D eigenvalue weighted by atomic mass is 16.5. The molecular weight excluding hydrogens is 232 g/mol. The van der Waals surface area contributed by atoms with E-state index in [4.69, 9.17) is 4.74 Å². The van der Waals surface area contributed by atoms with E-state index in [1.807, 2.05) is 13.8 Å². The number of hydrogen-bond donors (Lipinski definition) is 1. The topological polar surface area (TPSA) is 58.6 Å². The minimum atomic E-state index is -0.389. The second kappa shape index (κ2) is 7.36. The Morgan fingerprint density at radius 3 is 2.72 bits per heavy atom. The molecule has 1 heterocycles. The SMILES string of the molecule is CCOC(=O)C1CCCCN1C(=O)CNC(C)C. The van der Waals surface area contributed by atoms with Crippen molar-refractivity contribution in [1.82, 2.24) is 10.2 Å². The van der Waals surface area contributed by atoms with Crippen LogP contribution >= 0.6 is 0 Å². The van der Waals surface area contributed by atoms with Crippen LogP contribution in [0.4, 0.5) is 0 Å². The zero-order valence-corrected chi connectivity index (χ0v) is 11.6. The van der Waals surface area contributed by atoms with Crippen LogP contribution in [-0.4, -0.2) is 48.6 Å². The van der Waals surface area contributed by atoms with Crippen molar-refractivity contribution in [2.75, 3.05) is 19.7 Å². The molecule has 5 nitrogen and oxygen atoms in total. The second-order valence-electron chi connectivity index (χ2n) is 4.89. The van der Waals surface area contributed by atoms with Crippen LogP contribution in [0.3, 0.4) is 0 Å². The summed E-state index contributed by atoms with van der Waals surface area (Å²) < 4.78 is 5.03. The number of nitrogens with zero attached hydrogens (tertiary/aromatic N) is 1. The van der Waals surface area contributed by atoms with Gasteiger partial charge in [0.05, 0.1) is 13.2 Å². The molecule has 0 aromatic heterocycles. The molecule has 0 spiro atoms. The average Bonchev–Trinajstić information content (AvgIpc) is 2.36. The third kappa shape index (κ3) is 4.29. The van der Waals surface area contributed by atoms with Crippen LogP contribution in [0.5, 0.6) is 0 Å². The number of carbonyl (C=O) groups excluding carboxylic acids is 2. The maximum absolute atomic E-state index is 12.1. The third-order valence-corrected chi connectivity index (χ3v) is 3.04. The van der Waals surface area contributed by atoms with Gasteiger partial charge in [-0.05, 0) is 26.2 Å². The lowest BCUT2D eigenvalue weighted by atomic mass is 10.0. The molecule has 0 radical (unpaired) electrons. The van der Waals surface area contributed by atoms with Gasteiger partial charge in [-0.1, -0.05) is 13.8 Å². The maximum atomic E-state index is 12.1. The van der Waals surface area contributed by atoms with E-state index in [1.54, 1.807) is 11.8 Å². The molecule has 1 saturated heterocycles. The summed E-state index contributed by atoms with van der Waals surface area (Å²) in [6.07, 6.45) is 2.65. The van der Waals surface area contributed by atoms with Crippen molar-refractivity contribution in [3.05, 3.63) is 0 Å². The molecule has 0 aromatic carbocycles. The Bertz CT molecular complexity index is 292. The van der Waals surface area contributed by atoms with Crippen LogP contribution in [-0.2, 0) is 14.3 Å². The molecule has 1 aliphatic heterocycles. The summed E-state index contributed by atoms with van der Waals surface area (Å²) in [4.78, 5) is 25.6. The Balaban J connectivity index is 2.58. The first-order valence-corrected chi connectivity index (χ1v) is 6.75. The first-order chi connectivity index (χ1) is 8.56. The molecule has 104 valence electrons. The summed E-state index contributed by atoms with van der Waals surface area (Å²) in [7, 11) is 0. The smallest absolute Gasteiger partial charge is 0.328 e. The first kappa shape index (κ1) is 15.0. The van der Waals surface area contributed by atoms with E-state index in [1.165, 1.54) is 0 Å². The lowest BCUT2D eigenvalue weighted by molar-refractivity contribution is -0.156. The number of ether oxygens (including phenoxy) is 1. The monoisotopic (exact) mass is 256 g/mol. The zero-order valence-electron chi connectivity index (χ0n) is 11.6.